The molecule has 1 fully saturated rings. The number of carbonyl (C=O) groups excluding carboxylic acids is 2. The topological polar surface area (TPSA) is 94.5 Å². The van der Waals surface area contributed by atoms with Crippen molar-refractivity contribution in [3.8, 4) is 23.0 Å². The molecule has 4 rings (SSSR count). The lowest BCUT2D eigenvalue weighted by Gasteiger charge is -2.27. The molecule has 1 saturated heterocycles. The number of methoxy groups -OCH3 is 3. The molecule has 0 aromatic heterocycles. The van der Waals surface area contributed by atoms with Crippen molar-refractivity contribution in [1.82, 2.24) is 0 Å². The Balaban J connectivity index is 1.99. The molecule has 192 valence electrons. The molecular weight excluding hydrogens is 474 g/mol. The number of para-hydroxylation sites is 2. The number of ether oxygens (including phenoxy) is 4. The summed E-state index contributed by atoms with van der Waals surface area (Å²) in [6.45, 7) is 4.06. The van der Waals surface area contributed by atoms with E-state index in [1.807, 2.05) is 13.8 Å². The molecule has 0 aliphatic carbocycles. The fourth-order valence-electron chi connectivity index (χ4n) is 4.54. The third-order valence-corrected chi connectivity index (χ3v) is 6.26. The number of hydrogen-bond donors (Lipinski definition) is 1. The third kappa shape index (κ3) is 4.58. The first kappa shape index (κ1) is 25.6. The molecule has 0 saturated carbocycles. The predicted molar refractivity (Wildman–Crippen MR) is 140 cm³/mol. The van der Waals surface area contributed by atoms with Crippen LogP contribution >= 0.6 is 0 Å². The first-order valence-electron chi connectivity index (χ1n) is 11.8. The summed E-state index contributed by atoms with van der Waals surface area (Å²) in [5, 5.41) is 11.4. The first-order valence-corrected chi connectivity index (χ1v) is 11.8. The zero-order valence-electron chi connectivity index (χ0n) is 21.4. The number of nitrogens with zero attached hydrogens (tertiary/aromatic N) is 1. The number of carbonyl (C=O) groups is 2. The normalized spacial score (nSPS) is 16.6. The molecule has 1 amide bonds. The van der Waals surface area contributed by atoms with Crippen molar-refractivity contribution >= 4 is 23.1 Å². The van der Waals surface area contributed by atoms with Crippen LogP contribution in [0.25, 0.3) is 5.76 Å². The molecule has 1 unspecified atom stereocenters. The zero-order valence-corrected chi connectivity index (χ0v) is 21.4. The minimum atomic E-state index is -0.955. The fourth-order valence-corrected chi connectivity index (χ4v) is 4.54. The maximum absolute atomic E-state index is 13.5. The molecule has 3 aromatic carbocycles. The van der Waals surface area contributed by atoms with Gasteiger partial charge in [0.05, 0.1) is 45.2 Å². The summed E-state index contributed by atoms with van der Waals surface area (Å²) in [6.07, 6.45) is 0. The highest BCUT2D eigenvalue weighted by Gasteiger charge is 2.48. The highest BCUT2D eigenvalue weighted by atomic mass is 16.5. The highest BCUT2D eigenvalue weighted by Crippen LogP contribution is 2.46. The number of anilines is 1. The average molecular weight is 504 g/mol. The molecule has 3 aromatic rings. The van der Waals surface area contributed by atoms with Gasteiger partial charge in [-0.3, -0.25) is 14.5 Å². The lowest BCUT2D eigenvalue weighted by atomic mass is 9.94. The van der Waals surface area contributed by atoms with Crippen LogP contribution in [0.5, 0.6) is 23.0 Å². The summed E-state index contributed by atoms with van der Waals surface area (Å²) in [6, 6.07) is 16.2. The van der Waals surface area contributed by atoms with Gasteiger partial charge in [0.25, 0.3) is 11.7 Å². The summed E-state index contributed by atoms with van der Waals surface area (Å²) in [7, 11) is 4.58. The summed E-state index contributed by atoms with van der Waals surface area (Å²) in [5.41, 5.74) is 2.06. The maximum atomic E-state index is 13.5. The van der Waals surface area contributed by atoms with Crippen molar-refractivity contribution in [2.45, 2.75) is 19.9 Å². The van der Waals surface area contributed by atoms with Crippen LogP contribution in [0.1, 0.15) is 29.7 Å². The van der Waals surface area contributed by atoms with Gasteiger partial charge in [-0.05, 0) is 67.4 Å². The Morgan fingerprint density at radius 1 is 0.865 bits per heavy atom. The number of aliphatic hydroxyl groups is 1. The Hall–Kier alpha value is -4.46. The largest absolute Gasteiger partial charge is 0.507 e. The van der Waals surface area contributed by atoms with Crippen LogP contribution in [0.15, 0.2) is 66.2 Å². The van der Waals surface area contributed by atoms with Crippen LogP contribution in [0.2, 0.25) is 0 Å². The van der Waals surface area contributed by atoms with Gasteiger partial charge < -0.3 is 24.1 Å². The Morgan fingerprint density at radius 2 is 1.54 bits per heavy atom. The van der Waals surface area contributed by atoms with Gasteiger partial charge in [-0.25, -0.2) is 0 Å². The van der Waals surface area contributed by atoms with Crippen LogP contribution in [0.3, 0.4) is 0 Å². The number of hydrogen-bond acceptors (Lipinski definition) is 7. The molecule has 8 nitrogen and oxygen atoms in total. The molecule has 8 heteroatoms. The molecule has 1 aliphatic heterocycles. The van der Waals surface area contributed by atoms with E-state index in [9.17, 15) is 14.7 Å². The molecular formula is C29H29NO7. The van der Waals surface area contributed by atoms with Crippen LogP contribution in [0.4, 0.5) is 5.69 Å². The summed E-state index contributed by atoms with van der Waals surface area (Å²) < 4.78 is 22.0. The van der Waals surface area contributed by atoms with Gasteiger partial charge in [0, 0.05) is 5.56 Å². The Labute approximate surface area is 215 Å². The number of aryl methyl sites for hydroxylation is 1. The standard InChI is InChI=1S/C29H29NO7/c1-6-37-24-16-18(11-14-23(24)36-5)26-25(27(31)19-12-13-21(34-3)17(2)15-19)28(32)29(33)30(26)20-9-7-8-10-22(20)35-4/h7-16,26,31H,6H2,1-5H3/b27-25-. The van der Waals surface area contributed by atoms with E-state index < -0.39 is 17.7 Å². The van der Waals surface area contributed by atoms with Crippen LogP contribution < -0.4 is 23.8 Å². The molecule has 1 heterocycles. The van der Waals surface area contributed by atoms with Crippen molar-refractivity contribution in [2.75, 3.05) is 32.8 Å². The number of Topliss-reactive ketones (excluding diaryl/α,β-unsaturated/α-hetero) is 1. The van der Waals surface area contributed by atoms with Crippen LogP contribution in [-0.2, 0) is 9.59 Å². The lowest BCUT2D eigenvalue weighted by Crippen LogP contribution is -2.29. The quantitative estimate of drug-likeness (QED) is 0.261. The molecule has 0 radical (unpaired) electrons. The smallest absolute Gasteiger partial charge is 0.300 e. The van der Waals surface area contributed by atoms with Gasteiger partial charge in [0.2, 0.25) is 0 Å². The lowest BCUT2D eigenvalue weighted by molar-refractivity contribution is -0.132. The Morgan fingerprint density at radius 3 is 2.19 bits per heavy atom. The van der Waals surface area contributed by atoms with Crippen molar-refractivity contribution < 1.29 is 33.6 Å². The molecule has 37 heavy (non-hydrogen) atoms. The first-order chi connectivity index (χ1) is 17.9. The van der Waals surface area contributed by atoms with E-state index in [-0.39, 0.29) is 11.3 Å². The zero-order chi connectivity index (χ0) is 26.7. The number of ketones is 1. The van der Waals surface area contributed by atoms with E-state index in [0.717, 1.165) is 5.56 Å². The number of benzene rings is 3. The van der Waals surface area contributed by atoms with E-state index in [2.05, 4.69) is 0 Å². The van der Waals surface area contributed by atoms with E-state index in [1.165, 1.54) is 19.1 Å². The van der Waals surface area contributed by atoms with Gasteiger partial charge in [-0.2, -0.15) is 0 Å². The number of aliphatic hydroxyl groups excluding tert-OH is 1. The number of rotatable bonds is 8. The molecule has 0 spiro atoms. The van der Waals surface area contributed by atoms with E-state index in [1.54, 1.807) is 67.8 Å². The summed E-state index contributed by atoms with van der Waals surface area (Å²) >= 11 is 0. The second-order valence-electron chi connectivity index (χ2n) is 8.37. The minimum Gasteiger partial charge on any atom is -0.507 e. The van der Waals surface area contributed by atoms with Crippen molar-refractivity contribution in [2.24, 2.45) is 0 Å². The van der Waals surface area contributed by atoms with Crippen molar-refractivity contribution in [1.29, 1.82) is 0 Å². The summed E-state index contributed by atoms with van der Waals surface area (Å²) in [5.74, 6) is 0.123. The molecule has 0 bridgehead atoms. The van der Waals surface area contributed by atoms with Gasteiger partial charge in [0.15, 0.2) is 11.5 Å². The van der Waals surface area contributed by atoms with Crippen molar-refractivity contribution in [3.63, 3.8) is 0 Å². The average Bonchev–Trinajstić information content (AvgIpc) is 3.18. The van der Waals surface area contributed by atoms with Gasteiger partial charge in [-0.15, -0.1) is 0 Å². The fraction of sp³-hybridized carbons (Fsp3) is 0.241. The third-order valence-electron chi connectivity index (χ3n) is 6.26. The van der Waals surface area contributed by atoms with E-state index >= 15 is 0 Å². The van der Waals surface area contributed by atoms with Crippen molar-refractivity contribution in [3.05, 3.63) is 82.9 Å². The Kier molecular flexibility index (Phi) is 7.38. The number of amides is 1. The molecule has 1 aliphatic rings. The minimum absolute atomic E-state index is 0.0481. The van der Waals surface area contributed by atoms with Gasteiger partial charge in [0.1, 0.15) is 17.3 Å². The monoisotopic (exact) mass is 503 g/mol. The highest BCUT2D eigenvalue weighted by molar-refractivity contribution is 6.52. The van der Waals surface area contributed by atoms with E-state index in [4.69, 9.17) is 18.9 Å². The van der Waals surface area contributed by atoms with Gasteiger partial charge in [-0.1, -0.05) is 18.2 Å². The second-order valence-corrected chi connectivity index (χ2v) is 8.37. The maximum Gasteiger partial charge on any atom is 0.300 e. The molecule has 1 atom stereocenters. The van der Waals surface area contributed by atoms with E-state index in [0.29, 0.717) is 46.4 Å². The Bertz CT molecular complexity index is 1380. The SMILES string of the molecule is CCOc1cc(C2/C(=C(/O)c3ccc(OC)c(C)c3)C(=O)C(=O)N2c2ccccc2OC)ccc1OC. The van der Waals surface area contributed by atoms with Crippen LogP contribution in [-0.4, -0.2) is 44.7 Å². The van der Waals surface area contributed by atoms with Crippen LogP contribution in [0, 0.1) is 6.92 Å². The summed E-state index contributed by atoms with van der Waals surface area (Å²) in [4.78, 5) is 28.4. The second kappa shape index (κ2) is 10.7. The predicted octanol–water partition coefficient (Wildman–Crippen LogP) is 5.05. The van der Waals surface area contributed by atoms with Gasteiger partial charge >= 0.3 is 0 Å². The molecule has 1 N–H and O–H groups in total.